The molecule has 258 valence electrons. The zero-order chi connectivity index (χ0) is 35.9. The average molecular weight is 684 g/mol. The third-order valence-corrected chi connectivity index (χ3v) is 8.89. The number of piperidine rings is 1. The molecule has 1 aliphatic rings. The molecular formula is C38H36F3N5O4. The first-order valence-electron chi connectivity index (χ1n) is 16.1. The number of alkyl halides is 3. The third kappa shape index (κ3) is 8.19. The van der Waals surface area contributed by atoms with Gasteiger partial charge in [0.1, 0.15) is 5.60 Å². The van der Waals surface area contributed by atoms with E-state index in [1.807, 2.05) is 6.07 Å². The summed E-state index contributed by atoms with van der Waals surface area (Å²) in [6.07, 6.45) is -4.49. The van der Waals surface area contributed by atoms with Crippen LogP contribution in [0.4, 0.5) is 18.9 Å². The van der Waals surface area contributed by atoms with Crippen LogP contribution in [-0.4, -0.2) is 59.5 Å². The molecule has 4 aromatic carbocycles. The third-order valence-electron chi connectivity index (χ3n) is 8.89. The summed E-state index contributed by atoms with van der Waals surface area (Å²) in [5, 5.41) is 26.7. The highest BCUT2D eigenvalue weighted by molar-refractivity contribution is 5.98. The number of benzene rings is 4. The van der Waals surface area contributed by atoms with E-state index in [1.54, 1.807) is 77.7 Å². The highest BCUT2D eigenvalue weighted by Crippen LogP contribution is 2.36. The molecule has 1 heterocycles. The molecule has 1 aliphatic heterocycles. The van der Waals surface area contributed by atoms with Crippen molar-refractivity contribution in [1.82, 2.24) is 10.2 Å². The molecule has 5 rings (SSSR count). The fraction of sp³-hybridized carbons (Fsp3) is 0.263. The van der Waals surface area contributed by atoms with Crippen LogP contribution in [0.2, 0.25) is 0 Å². The lowest BCUT2D eigenvalue weighted by molar-refractivity contribution is -0.142. The molecule has 1 unspecified atom stereocenters. The number of nitrogens with zero attached hydrogens (tertiary/aromatic N) is 2. The van der Waals surface area contributed by atoms with Gasteiger partial charge in [0.15, 0.2) is 0 Å². The lowest BCUT2D eigenvalue weighted by Crippen LogP contribution is -2.54. The molecule has 0 radical (unpaired) electrons. The van der Waals surface area contributed by atoms with Gasteiger partial charge in [-0.15, -0.1) is 0 Å². The van der Waals surface area contributed by atoms with E-state index in [2.05, 4.69) is 10.6 Å². The van der Waals surface area contributed by atoms with E-state index in [-0.39, 0.29) is 49.9 Å². The number of aliphatic hydroxyl groups is 1. The van der Waals surface area contributed by atoms with Crippen LogP contribution in [0.3, 0.4) is 0 Å². The quantitative estimate of drug-likeness (QED) is 0.176. The molecule has 1 fully saturated rings. The fourth-order valence-corrected chi connectivity index (χ4v) is 6.20. The molecule has 1 saturated heterocycles. The molecule has 5 N–H and O–H groups in total. The number of amides is 3. The molecule has 12 heteroatoms. The number of carbonyl (C=O) groups is 3. The lowest BCUT2D eigenvalue weighted by atomic mass is 9.75. The van der Waals surface area contributed by atoms with E-state index in [4.69, 9.17) is 5.73 Å². The van der Waals surface area contributed by atoms with Crippen LogP contribution in [0.25, 0.3) is 11.1 Å². The zero-order valence-electron chi connectivity index (χ0n) is 27.0. The summed E-state index contributed by atoms with van der Waals surface area (Å²) in [4.78, 5) is 41.1. The van der Waals surface area contributed by atoms with Gasteiger partial charge in [0.25, 0.3) is 17.7 Å². The summed E-state index contributed by atoms with van der Waals surface area (Å²) in [5.74, 6) is -1.99. The van der Waals surface area contributed by atoms with Crippen LogP contribution in [-0.2, 0) is 17.4 Å². The van der Waals surface area contributed by atoms with Crippen LogP contribution in [0.1, 0.15) is 50.2 Å². The summed E-state index contributed by atoms with van der Waals surface area (Å²) in [7, 11) is 0. The van der Waals surface area contributed by atoms with Gasteiger partial charge in [0.2, 0.25) is 0 Å². The molecule has 0 aromatic heterocycles. The molecule has 3 amide bonds. The van der Waals surface area contributed by atoms with Gasteiger partial charge in [0.05, 0.1) is 17.2 Å². The molecule has 0 aliphatic carbocycles. The minimum absolute atomic E-state index is 0.175. The normalized spacial score (nSPS) is 14.7. The van der Waals surface area contributed by atoms with Gasteiger partial charge in [-0.1, -0.05) is 54.6 Å². The Balaban J connectivity index is 1.42. The van der Waals surface area contributed by atoms with Crippen molar-refractivity contribution in [3.8, 4) is 17.2 Å². The van der Waals surface area contributed by atoms with E-state index in [0.29, 0.717) is 35.8 Å². The van der Waals surface area contributed by atoms with Crippen LogP contribution < -0.4 is 16.4 Å². The Labute approximate surface area is 287 Å². The first kappa shape index (κ1) is 35.8. The Hall–Kier alpha value is -5.51. The molecule has 9 nitrogen and oxygen atoms in total. The standard InChI is InChI=1S/C38H36F3N5O4/c39-38(40,41)33-22-32(14-13-30(33)24-43)45-36(49)37(50,31-15-19-46(20-16-31)35(48)28-6-2-1-3-7-28)23-25-5-4-8-29(21-25)26-9-11-27(12-10-26)34(47)44-18-17-42/h1-14,21-22,31,50H,15-20,23,42H2,(H,44,47)(H,45,49). The van der Waals surface area contributed by atoms with Crippen molar-refractivity contribution in [2.24, 2.45) is 11.7 Å². The predicted octanol–water partition coefficient (Wildman–Crippen LogP) is 5.40. The molecule has 50 heavy (non-hydrogen) atoms. The molecule has 0 saturated carbocycles. The van der Waals surface area contributed by atoms with Gasteiger partial charge >= 0.3 is 6.18 Å². The lowest BCUT2D eigenvalue weighted by Gasteiger charge is -2.40. The second kappa shape index (κ2) is 15.4. The number of rotatable bonds is 10. The van der Waals surface area contributed by atoms with Gasteiger partial charge in [-0.3, -0.25) is 14.4 Å². The predicted molar refractivity (Wildman–Crippen MR) is 182 cm³/mol. The SMILES string of the molecule is N#Cc1ccc(NC(=O)C(O)(Cc2cccc(-c3ccc(C(=O)NCCN)cc3)c2)C2CCN(C(=O)c3ccccc3)CC2)cc1C(F)(F)F. The number of nitriles is 1. The van der Waals surface area contributed by atoms with Gasteiger partial charge in [-0.25, -0.2) is 0 Å². The van der Waals surface area contributed by atoms with Gasteiger partial charge in [-0.05, 0) is 72.0 Å². The number of nitrogens with one attached hydrogen (secondary N) is 2. The highest BCUT2D eigenvalue weighted by Gasteiger charge is 2.46. The first-order valence-corrected chi connectivity index (χ1v) is 16.1. The number of carbonyl (C=O) groups excluding carboxylic acids is 3. The Morgan fingerprint density at radius 1 is 0.880 bits per heavy atom. The number of halogens is 3. The largest absolute Gasteiger partial charge is 0.417 e. The van der Waals surface area contributed by atoms with E-state index in [9.17, 15) is 37.9 Å². The Kier molecular flexibility index (Phi) is 11.0. The van der Waals surface area contributed by atoms with Crippen LogP contribution in [0, 0.1) is 17.2 Å². The number of hydrogen-bond donors (Lipinski definition) is 4. The minimum Gasteiger partial charge on any atom is -0.379 e. The van der Waals surface area contributed by atoms with Crippen molar-refractivity contribution in [1.29, 1.82) is 5.26 Å². The smallest absolute Gasteiger partial charge is 0.379 e. The van der Waals surface area contributed by atoms with Crippen LogP contribution >= 0.6 is 0 Å². The maximum absolute atomic E-state index is 14.0. The molecule has 0 bridgehead atoms. The average Bonchev–Trinajstić information content (AvgIpc) is 3.13. The zero-order valence-corrected chi connectivity index (χ0v) is 27.0. The van der Waals surface area contributed by atoms with Crippen molar-refractivity contribution in [3.05, 3.63) is 125 Å². The first-order chi connectivity index (χ1) is 23.9. The maximum atomic E-state index is 14.0. The summed E-state index contributed by atoms with van der Waals surface area (Å²) >= 11 is 0. The number of hydrogen-bond acceptors (Lipinski definition) is 6. The van der Waals surface area contributed by atoms with Crippen molar-refractivity contribution in [3.63, 3.8) is 0 Å². The summed E-state index contributed by atoms with van der Waals surface area (Å²) in [5.41, 5.74) is 4.45. The molecule has 4 aromatic rings. The van der Waals surface area contributed by atoms with Crippen molar-refractivity contribution in [2.45, 2.75) is 31.0 Å². The van der Waals surface area contributed by atoms with Crippen LogP contribution in [0.5, 0.6) is 0 Å². The van der Waals surface area contributed by atoms with E-state index in [1.165, 1.54) is 12.1 Å². The van der Waals surface area contributed by atoms with E-state index in [0.717, 1.165) is 17.2 Å². The Morgan fingerprint density at radius 2 is 1.58 bits per heavy atom. The van der Waals surface area contributed by atoms with Gasteiger partial charge in [0, 0.05) is 55.3 Å². The summed E-state index contributed by atoms with van der Waals surface area (Å²) in [6, 6.07) is 27.2. The van der Waals surface area contributed by atoms with E-state index >= 15 is 0 Å². The number of anilines is 1. The second-order valence-corrected chi connectivity index (χ2v) is 12.2. The van der Waals surface area contributed by atoms with Gasteiger partial charge in [-0.2, -0.15) is 18.4 Å². The summed E-state index contributed by atoms with van der Waals surface area (Å²) in [6.45, 7) is 1.17. The maximum Gasteiger partial charge on any atom is 0.417 e. The van der Waals surface area contributed by atoms with Crippen LogP contribution in [0.15, 0.2) is 97.1 Å². The molecule has 1 atom stereocenters. The number of likely N-dealkylation sites (tertiary alicyclic amines) is 1. The van der Waals surface area contributed by atoms with Crippen molar-refractivity contribution < 1.29 is 32.7 Å². The van der Waals surface area contributed by atoms with Crippen molar-refractivity contribution >= 4 is 23.4 Å². The fourth-order valence-electron chi connectivity index (χ4n) is 6.20. The molecular weight excluding hydrogens is 647 g/mol. The van der Waals surface area contributed by atoms with E-state index < -0.39 is 34.7 Å². The Morgan fingerprint density at radius 3 is 2.22 bits per heavy atom. The second-order valence-electron chi connectivity index (χ2n) is 12.2. The summed E-state index contributed by atoms with van der Waals surface area (Å²) < 4.78 is 41.1. The Bertz CT molecular complexity index is 1890. The molecule has 0 spiro atoms. The van der Waals surface area contributed by atoms with Gasteiger partial charge < -0.3 is 26.4 Å². The highest BCUT2D eigenvalue weighted by atomic mass is 19.4. The number of nitrogens with two attached hydrogens (primary N) is 1. The monoisotopic (exact) mass is 683 g/mol. The topological polar surface area (TPSA) is 149 Å². The minimum atomic E-state index is -4.84. The van der Waals surface area contributed by atoms with Crippen molar-refractivity contribution in [2.75, 3.05) is 31.5 Å².